The van der Waals surface area contributed by atoms with Crippen molar-refractivity contribution in [1.82, 2.24) is 9.66 Å². The Bertz CT molecular complexity index is 1010. The lowest BCUT2D eigenvalue weighted by Crippen LogP contribution is -2.24. The average Bonchev–Trinajstić information content (AvgIpc) is 2.65. The minimum Gasteiger partial charge on any atom is -0.200 e. The first-order valence-corrected chi connectivity index (χ1v) is 11.2. The average molecular weight is 423 g/mol. The van der Waals surface area contributed by atoms with Gasteiger partial charge in [0.15, 0.2) is 0 Å². The summed E-state index contributed by atoms with van der Waals surface area (Å²) in [4.78, 5) is 4.37. The van der Waals surface area contributed by atoms with Gasteiger partial charge in [0.05, 0.1) is 21.2 Å². The number of nitrogens with one attached hydrogen (secondary N) is 2. The van der Waals surface area contributed by atoms with Gasteiger partial charge in [-0.3, -0.25) is 0 Å². The van der Waals surface area contributed by atoms with Gasteiger partial charge in [-0.1, -0.05) is 35.4 Å². The van der Waals surface area contributed by atoms with E-state index in [1.54, 1.807) is 24.3 Å². The zero-order chi connectivity index (χ0) is 20.9. The fourth-order valence-electron chi connectivity index (χ4n) is 1.96. The van der Waals surface area contributed by atoms with E-state index in [-0.39, 0.29) is 21.2 Å². The maximum absolute atomic E-state index is 12.2. The first-order valence-electron chi connectivity index (χ1n) is 8.27. The molecule has 0 amide bonds. The van der Waals surface area contributed by atoms with Gasteiger partial charge in [0, 0.05) is 0 Å². The van der Waals surface area contributed by atoms with Crippen LogP contribution in [0, 0.1) is 13.8 Å². The molecule has 0 atom stereocenters. The van der Waals surface area contributed by atoms with E-state index in [0.717, 1.165) is 11.1 Å². The molecule has 0 spiro atoms. The molecule has 10 heteroatoms. The van der Waals surface area contributed by atoms with E-state index < -0.39 is 20.0 Å². The summed E-state index contributed by atoms with van der Waals surface area (Å²) in [6.07, 6.45) is 0. The van der Waals surface area contributed by atoms with Crippen LogP contribution < -0.4 is 9.66 Å². The summed E-state index contributed by atoms with van der Waals surface area (Å²) in [6, 6.07) is 12.6. The standard InChI is InChI=1S/C18H22N4O4S2/c1-13-5-9-17(10-6-13)27(23,24)21-19-15(3)16(4)20-22-28(25,26)18-11-7-14(2)8-12-18/h5-12,21-22H,1-4H3/b19-15-,20-16+. The molecule has 8 nitrogen and oxygen atoms in total. The molecule has 28 heavy (non-hydrogen) atoms. The Morgan fingerprint density at radius 2 is 0.929 bits per heavy atom. The maximum Gasteiger partial charge on any atom is 0.276 e. The Morgan fingerprint density at radius 3 is 1.21 bits per heavy atom. The van der Waals surface area contributed by atoms with Gasteiger partial charge in [0.2, 0.25) is 0 Å². The molecule has 0 radical (unpaired) electrons. The number of hydrazone groups is 2. The van der Waals surface area contributed by atoms with Gasteiger partial charge in [0.25, 0.3) is 20.0 Å². The normalized spacial score (nSPS) is 13.3. The lowest BCUT2D eigenvalue weighted by atomic mass is 10.2. The first-order chi connectivity index (χ1) is 13.0. The van der Waals surface area contributed by atoms with E-state index in [9.17, 15) is 16.8 Å². The second-order valence-electron chi connectivity index (χ2n) is 6.21. The van der Waals surface area contributed by atoms with Crippen LogP contribution in [-0.2, 0) is 20.0 Å². The Balaban J connectivity index is 2.11. The molecule has 0 saturated carbocycles. The fourth-order valence-corrected chi connectivity index (χ4v) is 3.67. The van der Waals surface area contributed by atoms with Crippen LogP contribution in [-0.4, -0.2) is 28.3 Å². The molecule has 2 aromatic carbocycles. The second kappa shape index (κ2) is 8.53. The number of hydrogen-bond donors (Lipinski definition) is 2. The number of sulfonamides is 2. The van der Waals surface area contributed by atoms with Crippen molar-refractivity contribution in [2.24, 2.45) is 10.2 Å². The predicted octanol–water partition coefficient (Wildman–Crippen LogP) is 2.31. The van der Waals surface area contributed by atoms with Crippen LogP contribution in [0.15, 0.2) is 68.5 Å². The molecule has 0 aliphatic heterocycles. The predicted molar refractivity (Wildman–Crippen MR) is 109 cm³/mol. The van der Waals surface area contributed by atoms with Crippen LogP contribution in [0.4, 0.5) is 0 Å². The fraction of sp³-hybridized carbons (Fsp3) is 0.222. The minimum atomic E-state index is -3.83. The lowest BCUT2D eigenvalue weighted by molar-refractivity contribution is 0.582. The van der Waals surface area contributed by atoms with Crippen molar-refractivity contribution in [3.63, 3.8) is 0 Å². The molecule has 0 saturated heterocycles. The number of benzene rings is 2. The second-order valence-corrected chi connectivity index (χ2v) is 9.53. The number of nitrogens with zero attached hydrogens (tertiary/aromatic N) is 2. The molecular formula is C18H22N4O4S2. The quantitative estimate of drug-likeness (QED) is 0.526. The highest BCUT2D eigenvalue weighted by Crippen LogP contribution is 2.11. The van der Waals surface area contributed by atoms with Crippen molar-refractivity contribution >= 4 is 31.5 Å². The van der Waals surface area contributed by atoms with Crippen LogP contribution in [0.3, 0.4) is 0 Å². The SMILES string of the molecule is CC(=N/NS(=O)(=O)c1ccc(C)cc1)/C(C)=N/NS(=O)(=O)c1ccc(C)cc1. The van der Waals surface area contributed by atoms with Gasteiger partial charge in [-0.25, -0.2) is 0 Å². The van der Waals surface area contributed by atoms with Crippen LogP contribution >= 0.6 is 0 Å². The summed E-state index contributed by atoms with van der Waals surface area (Å²) in [5.41, 5.74) is 2.29. The Morgan fingerprint density at radius 1 is 0.643 bits per heavy atom. The van der Waals surface area contributed by atoms with E-state index in [2.05, 4.69) is 19.9 Å². The largest absolute Gasteiger partial charge is 0.276 e. The van der Waals surface area contributed by atoms with Gasteiger partial charge in [0.1, 0.15) is 0 Å². The van der Waals surface area contributed by atoms with E-state index in [1.807, 2.05) is 13.8 Å². The highest BCUT2D eigenvalue weighted by Gasteiger charge is 2.14. The third-order valence-corrected chi connectivity index (χ3v) is 6.30. The summed E-state index contributed by atoms with van der Waals surface area (Å²) in [6.45, 7) is 6.72. The summed E-state index contributed by atoms with van der Waals surface area (Å²) < 4.78 is 48.9. The number of aryl methyl sites for hydroxylation is 2. The van der Waals surface area contributed by atoms with Gasteiger partial charge in [-0.2, -0.15) is 36.7 Å². The molecule has 0 bridgehead atoms. The summed E-state index contributed by atoms with van der Waals surface area (Å²) >= 11 is 0. The van der Waals surface area contributed by atoms with Crippen molar-refractivity contribution in [1.29, 1.82) is 0 Å². The number of hydrogen-bond acceptors (Lipinski definition) is 6. The monoisotopic (exact) mass is 422 g/mol. The highest BCUT2D eigenvalue weighted by atomic mass is 32.2. The Kier molecular flexibility index (Phi) is 6.57. The third kappa shape index (κ3) is 5.64. The van der Waals surface area contributed by atoms with Crippen LogP contribution in [0.2, 0.25) is 0 Å². The van der Waals surface area contributed by atoms with Crippen molar-refractivity contribution in [3.8, 4) is 0 Å². The molecule has 0 aliphatic rings. The zero-order valence-corrected chi connectivity index (χ0v) is 17.6. The molecular weight excluding hydrogens is 400 g/mol. The molecule has 0 aliphatic carbocycles. The van der Waals surface area contributed by atoms with Crippen molar-refractivity contribution in [3.05, 3.63) is 59.7 Å². The summed E-state index contributed by atoms with van der Waals surface area (Å²) in [7, 11) is -7.65. The summed E-state index contributed by atoms with van der Waals surface area (Å²) in [5, 5.41) is 7.59. The van der Waals surface area contributed by atoms with E-state index >= 15 is 0 Å². The van der Waals surface area contributed by atoms with Gasteiger partial charge in [-0.15, -0.1) is 0 Å². The van der Waals surface area contributed by atoms with Crippen LogP contribution in [0.1, 0.15) is 25.0 Å². The first kappa shape index (κ1) is 21.6. The van der Waals surface area contributed by atoms with Crippen molar-refractivity contribution in [2.75, 3.05) is 0 Å². The van der Waals surface area contributed by atoms with Gasteiger partial charge >= 0.3 is 0 Å². The molecule has 0 fully saturated rings. The molecule has 0 aromatic heterocycles. The summed E-state index contributed by atoms with van der Waals surface area (Å²) in [5.74, 6) is 0. The molecule has 0 heterocycles. The Hall–Kier alpha value is -2.72. The zero-order valence-electron chi connectivity index (χ0n) is 16.0. The maximum atomic E-state index is 12.2. The van der Waals surface area contributed by atoms with Crippen LogP contribution in [0.5, 0.6) is 0 Å². The lowest BCUT2D eigenvalue weighted by Gasteiger charge is -2.07. The molecule has 2 N–H and O–H groups in total. The third-order valence-electron chi connectivity index (χ3n) is 3.85. The van der Waals surface area contributed by atoms with Crippen LogP contribution in [0.25, 0.3) is 0 Å². The molecule has 0 unspecified atom stereocenters. The highest BCUT2D eigenvalue weighted by molar-refractivity contribution is 7.89. The molecule has 2 aromatic rings. The molecule has 2 rings (SSSR count). The van der Waals surface area contributed by atoms with E-state index in [0.29, 0.717) is 0 Å². The minimum absolute atomic E-state index is 0.0734. The van der Waals surface area contributed by atoms with E-state index in [4.69, 9.17) is 0 Å². The van der Waals surface area contributed by atoms with Crippen molar-refractivity contribution in [2.45, 2.75) is 37.5 Å². The van der Waals surface area contributed by atoms with E-state index in [1.165, 1.54) is 38.1 Å². The molecule has 150 valence electrons. The van der Waals surface area contributed by atoms with Crippen molar-refractivity contribution < 1.29 is 16.8 Å². The number of rotatable bonds is 7. The Labute approximate surface area is 165 Å². The topological polar surface area (TPSA) is 117 Å². The van der Waals surface area contributed by atoms with Gasteiger partial charge in [-0.05, 0) is 52.0 Å². The smallest absolute Gasteiger partial charge is 0.200 e. The van der Waals surface area contributed by atoms with Gasteiger partial charge < -0.3 is 0 Å².